The lowest BCUT2D eigenvalue weighted by Gasteiger charge is -2.09. The van der Waals surface area contributed by atoms with Crippen LogP contribution in [0, 0.1) is 0 Å². The molecule has 0 saturated heterocycles. The predicted molar refractivity (Wildman–Crippen MR) is 57.5 cm³/mol. The molecule has 8 heteroatoms. The van der Waals surface area contributed by atoms with Crippen LogP contribution in [0.2, 0.25) is 0 Å². The summed E-state index contributed by atoms with van der Waals surface area (Å²) >= 11 is 0. The second-order valence-corrected chi connectivity index (χ2v) is 6.60. The van der Waals surface area contributed by atoms with E-state index < -0.39 is 40.1 Å². The highest BCUT2D eigenvalue weighted by Crippen LogP contribution is 2.12. The Morgan fingerprint density at radius 3 is 2.24 bits per heavy atom. The first-order valence-corrected chi connectivity index (χ1v) is 6.77. The molecule has 0 fully saturated rings. The molecule has 0 bridgehead atoms. The van der Waals surface area contributed by atoms with Crippen molar-refractivity contribution in [3.8, 4) is 0 Å². The zero-order chi connectivity index (χ0) is 13.7. The van der Waals surface area contributed by atoms with Crippen LogP contribution in [0.3, 0.4) is 0 Å². The molecule has 1 N–H and O–H groups in total. The van der Waals surface area contributed by atoms with Gasteiger partial charge in [0.2, 0.25) is 0 Å². The number of alkyl halides is 3. The van der Waals surface area contributed by atoms with Crippen molar-refractivity contribution in [2.75, 3.05) is 18.8 Å². The molecule has 0 aliphatic rings. The molecule has 0 radical (unpaired) electrons. The molecule has 0 aliphatic heterocycles. The summed E-state index contributed by atoms with van der Waals surface area (Å²) in [6, 6.07) is 0. The second-order valence-electron chi connectivity index (χ2n) is 3.92. The highest BCUT2D eigenvalue weighted by atomic mass is 32.2. The van der Waals surface area contributed by atoms with Gasteiger partial charge in [-0.15, -0.1) is 0 Å². The van der Waals surface area contributed by atoms with Gasteiger partial charge in [0.05, 0.1) is 24.1 Å². The van der Waals surface area contributed by atoms with Crippen molar-refractivity contribution in [3.63, 3.8) is 0 Å². The standard InChI is InChI=1S/C9H16F3NO3S/c1-7(2)17(15,16)4-3-8(14)5-13-6-9(10,11)12/h7,13H,3-6H2,1-2H3. The van der Waals surface area contributed by atoms with E-state index in [9.17, 15) is 26.4 Å². The van der Waals surface area contributed by atoms with Gasteiger partial charge in [-0.3, -0.25) is 4.79 Å². The molecule has 4 nitrogen and oxygen atoms in total. The number of nitrogens with one attached hydrogen (secondary N) is 1. The van der Waals surface area contributed by atoms with Crippen molar-refractivity contribution in [1.82, 2.24) is 5.32 Å². The van der Waals surface area contributed by atoms with Crippen LogP contribution in [0.5, 0.6) is 0 Å². The summed E-state index contributed by atoms with van der Waals surface area (Å²) in [5.74, 6) is -0.865. The number of carbonyl (C=O) groups is 1. The third-order valence-corrected chi connectivity index (χ3v) is 4.24. The average molecular weight is 275 g/mol. The van der Waals surface area contributed by atoms with E-state index in [0.29, 0.717) is 0 Å². The summed E-state index contributed by atoms with van der Waals surface area (Å²) in [6.07, 6.45) is -4.63. The number of halogens is 3. The monoisotopic (exact) mass is 275 g/mol. The molecule has 0 spiro atoms. The molecule has 0 unspecified atom stereocenters. The summed E-state index contributed by atoms with van der Waals surface area (Å²) in [5, 5.41) is 1.34. The van der Waals surface area contributed by atoms with E-state index in [0.717, 1.165) is 0 Å². The molecule has 0 aromatic heterocycles. The normalized spacial score (nSPS) is 13.1. The van der Waals surface area contributed by atoms with E-state index in [1.54, 1.807) is 0 Å². The summed E-state index contributed by atoms with van der Waals surface area (Å²) in [7, 11) is -3.32. The van der Waals surface area contributed by atoms with E-state index in [2.05, 4.69) is 0 Å². The first-order valence-electron chi connectivity index (χ1n) is 5.05. The van der Waals surface area contributed by atoms with Crippen LogP contribution >= 0.6 is 0 Å². The maximum Gasteiger partial charge on any atom is 0.401 e. The molecule has 0 saturated carbocycles. The predicted octanol–water partition coefficient (Wildman–Crippen LogP) is 0.921. The lowest BCUT2D eigenvalue weighted by Crippen LogP contribution is -2.33. The first kappa shape index (κ1) is 16.4. The minimum Gasteiger partial charge on any atom is -0.302 e. The minimum absolute atomic E-state index is 0.259. The molecule has 0 rings (SSSR count). The highest BCUT2D eigenvalue weighted by Gasteiger charge is 2.26. The second kappa shape index (κ2) is 6.34. The summed E-state index contributed by atoms with van der Waals surface area (Å²) in [5.41, 5.74) is 0. The van der Waals surface area contributed by atoms with Crippen molar-refractivity contribution in [1.29, 1.82) is 0 Å². The topological polar surface area (TPSA) is 63.2 Å². The number of rotatable bonds is 7. The Morgan fingerprint density at radius 2 is 1.82 bits per heavy atom. The van der Waals surface area contributed by atoms with E-state index >= 15 is 0 Å². The van der Waals surface area contributed by atoms with Gasteiger partial charge >= 0.3 is 6.18 Å². The van der Waals surface area contributed by atoms with Crippen molar-refractivity contribution >= 4 is 15.6 Å². The summed E-state index contributed by atoms with van der Waals surface area (Å²) in [4.78, 5) is 11.1. The number of Topliss-reactive ketones (excluding diaryl/α,β-unsaturated/α-hetero) is 1. The van der Waals surface area contributed by atoms with Gasteiger partial charge < -0.3 is 5.32 Å². The molecular formula is C9H16F3NO3S. The minimum atomic E-state index is -4.37. The van der Waals surface area contributed by atoms with E-state index in [-0.39, 0.29) is 12.2 Å². The van der Waals surface area contributed by atoms with Gasteiger partial charge in [0.25, 0.3) is 0 Å². The highest BCUT2D eigenvalue weighted by molar-refractivity contribution is 7.91. The Kier molecular flexibility index (Phi) is 6.11. The van der Waals surface area contributed by atoms with Gasteiger partial charge in [0, 0.05) is 6.42 Å². The zero-order valence-corrected chi connectivity index (χ0v) is 10.5. The zero-order valence-electron chi connectivity index (χ0n) is 9.67. The molecule has 0 aliphatic carbocycles. The van der Waals surface area contributed by atoms with Crippen LogP contribution in [-0.4, -0.2) is 44.5 Å². The SMILES string of the molecule is CC(C)S(=O)(=O)CCC(=O)CNCC(F)(F)F. The van der Waals surface area contributed by atoms with E-state index in [1.165, 1.54) is 13.8 Å². The fourth-order valence-corrected chi connectivity index (χ4v) is 1.91. The molecule has 0 aromatic carbocycles. The van der Waals surface area contributed by atoms with Gasteiger partial charge in [-0.1, -0.05) is 0 Å². The average Bonchev–Trinajstić information content (AvgIpc) is 2.12. The quantitative estimate of drug-likeness (QED) is 0.750. The number of carbonyl (C=O) groups excluding carboxylic acids is 1. The van der Waals surface area contributed by atoms with Crippen LogP contribution in [-0.2, 0) is 14.6 Å². The fourth-order valence-electron chi connectivity index (χ4n) is 0.924. The first-order chi connectivity index (χ1) is 7.54. The third kappa shape index (κ3) is 8.14. The van der Waals surface area contributed by atoms with Crippen molar-refractivity contribution < 1.29 is 26.4 Å². The van der Waals surface area contributed by atoms with Gasteiger partial charge in [0.15, 0.2) is 9.84 Å². The van der Waals surface area contributed by atoms with Crippen LogP contribution in [0.1, 0.15) is 20.3 Å². The lowest BCUT2D eigenvalue weighted by molar-refractivity contribution is -0.127. The molecule has 0 amide bonds. The number of sulfone groups is 1. The molecule has 102 valence electrons. The summed E-state index contributed by atoms with van der Waals surface area (Å²) < 4.78 is 57.8. The third-order valence-electron chi connectivity index (χ3n) is 2.03. The Bertz CT molecular complexity index is 349. The Morgan fingerprint density at radius 1 is 1.29 bits per heavy atom. The molecule has 0 aromatic rings. The Labute approximate surface area is 98.5 Å². The van der Waals surface area contributed by atoms with Crippen molar-refractivity contribution in [2.24, 2.45) is 0 Å². The maximum absolute atomic E-state index is 11.7. The maximum atomic E-state index is 11.7. The van der Waals surface area contributed by atoms with E-state index in [4.69, 9.17) is 0 Å². The molecule has 0 heterocycles. The van der Waals surface area contributed by atoms with Gasteiger partial charge in [-0.05, 0) is 13.8 Å². The Balaban J connectivity index is 3.90. The van der Waals surface area contributed by atoms with Crippen molar-refractivity contribution in [3.05, 3.63) is 0 Å². The van der Waals surface area contributed by atoms with Crippen molar-refractivity contribution in [2.45, 2.75) is 31.7 Å². The van der Waals surface area contributed by atoms with Gasteiger partial charge in [-0.25, -0.2) is 8.42 Å². The smallest absolute Gasteiger partial charge is 0.302 e. The lowest BCUT2D eigenvalue weighted by atomic mass is 10.3. The molecule has 17 heavy (non-hydrogen) atoms. The van der Waals surface area contributed by atoms with Gasteiger partial charge in [-0.2, -0.15) is 13.2 Å². The Hall–Kier alpha value is -0.630. The number of hydrogen-bond donors (Lipinski definition) is 1. The van der Waals surface area contributed by atoms with Gasteiger partial charge in [0.1, 0.15) is 5.78 Å². The van der Waals surface area contributed by atoms with Crippen LogP contribution in [0.15, 0.2) is 0 Å². The molecular weight excluding hydrogens is 259 g/mol. The van der Waals surface area contributed by atoms with Crippen LogP contribution < -0.4 is 5.32 Å². The van der Waals surface area contributed by atoms with Crippen LogP contribution in [0.25, 0.3) is 0 Å². The van der Waals surface area contributed by atoms with E-state index in [1.807, 2.05) is 5.32 Å². The largest absolute Gasteiger partial charge is 0.401 e. The van der Waals surface area contributed by atoms with Crippen LogP contribution in [0.4, 0.5) is 13.2 Å². The molecule has 0 atom stereocenters. The fraction of sp³-hybridized carbons (Fsp3) is 0.889. The number of ketones is 1. The number of hydrogen-bond acceptors (Lipinski definition) is 4. The summed E-state index contributed by atoms with van der Waals surface area (Å²) in [6.45, 7) is 1.26.